The van der Waals surface area contributed by atoms with Crippen molar-refractivity contribution in [2.24, 2.45) is 0 Å². The number of esters is 1. The Morgan fingerprint density at radius 2 is 2.00 bits per heavy atom. The van der Waals surface area contributed by atoms with Crippen molar-refractivity contribution in [3.05, 3.63) is 0 Å². The minimum atomic E-state index is -4.28. The molecule has 2 aliphatic rings. The number of ether oxygens (including phenoxy) is 3. The maximum Gasteiger partial charge on any atom is 0.401 e. The first kappa shape index (κ1) is 15.6. The Kier molecular flexibility index (Phi) is 3.85. The summed E-state index contributed by atoms with van der Waals surface area (Å²) in [5.74, 6) is -1.70. The van der Waals surface area contributed by atoms with Crippen LogP contribution < -0.4 is 0 Å². The molecule has 0 N–H and O–H groups in total. The Hall–Kier alpha value is -0.740. The number of rotatable bonds is 3. The van der Waals surface area contributed by atoms with Gasteiger partial charge in [0.2, 0.25) is 5.60 Å². The van der Waals surface area contributed by atoms with Crippen molar-refractivity contribution in [3.8, 4) is 0 Å². The van der Waals surface area contributed by atoms with Gasteiger partial charge in [-0.1, -0.05) is 0 Å². The highest BCUT2D eigenvalue weighted by atomic mass is 32.3. The largest absolute Gasteiger partial charge is 0.464 e. The third-order valence-corrected chi connectivity index (χ3v) is 4.08. The first-order chi connectivity index (χ1) is 9.10. The van der Waals surface area contributed by atoms with Crippen LogP contribution in [0.2, 0.25) is 0 Å². The minimum absolute atomic E-state index is 0.0888. The summed E-state index contributed by atoms with van der Waals surface area (Å²) in [7, 11) is -4.28. The molecule has 2 aliphatic heterocycles. The van der Waals surface area contributed by atoms with E-state index in [1.807, 2.05) is 0 Å². The smallest absolute Gasteiger partial charge is 0.401 e. The van der Waals surface area contributed by atoms with Crippen LogP contribution >= 0.6 is 0 Å². The Bertz CT molecular complexity index is 499. The molecule has 0 aromatic rings. The third-order valence-electron chi connectivity index (χ3n) is 3.09. The number of hydrogen-bond donors (Lipinski definition) is 0. The molecule has 0 radical (unpaired) electrons. The minimum Gasteiger partial charge on any atom is -0.464 e. The molecule has 2 fully saturated rings. The maximum absolute atomic E-state index is 12.0. The average molecular weight is 310 g/mol. The van der Waals surface area contributed by atoms with Gasteiger partial charge in [0.05, 0.1) is 13.2 Å². The van der Waals surface area contributed by atoms with Crippen LogP contribution in [0.25, 0.3) is 0 Å². The standard InChI is InChI=1S/C11H18O8S/c1-5-15-9(12)11(4)8(18-20(13,14)19-11)7-6-16-10(2,3)17-7/h7-8H,5-6H2,1-4H3/t7-,8-,11+/m1/s1. The summed E-state index contributed by atoms with van der Waals surface area (Å²) in [6, 6.07) is 0. The molecule has 0 bridgehead atoms. The van der Waals surface area contributed by atoms with E-state index in [9.17, 15) is 13.2 Å². The van der Waals surface area contributed by atoms with E-state index in [-0.39, 0.29) is 13.2 Å². The Labute approximate surface area is 117 Å². The van der Waals surface area contributed by atoms with E-state index in [2.05, 4.69) is 0 Å². The van der Waals surface area contributed by atoms with Crippen LogP contribution in [0.15, 0.2) is 0 Å². The van der Waals surface area contributed by atoms with Crippen molar-refractivity contribution in [2.45, 2.75) is 51.3 Å². The van der Waals surface area contributed by atoms with Gasteiger partial charge in [0, 0.05) is 0 Å². The topological polar surface area (TPSA) is 97.4 Å². The van der Waals surface area contributed by atoms with Crippen molar-refractivity contribution < 1.29 is 35.8 Å². The molecule has 0 spiro atoms. The van der Waals surface area contributed by atoms with E-state index in [1.54, 1.807) is 20.8 Å². The fourth-order valence-corrected chi connectivity index (χ4v) is 3.39. The predicted octanol–water partition coefficient (Wildman–Crippen LogP) is 0.120. The van der Waals surface area contributed by atoms with Gasteiger partial charge in [0.15, 0.2) is 5.79 Å². The van der Waals surface area contributed by atoms with Crippen molar-refractivity contribution in [1.82, 2.24) is 0 Å². The second-order valence-electron chi connectivity index (χ2n) is 5.20. The normalized spacial score (nSPS) is 38.8. The summed E-state index contributed by atoms with van der Waals surface area (Å²) in [4.78, 5) is 12.0. The average Bonchev–Trinajstić information content (AvgIpc) is 2.77. The summed E-state index contributed by atoms with van der Waals surface area (Å²) < 4.78 is 48.5. The van der Waals surface area contributed by atoms with E-state index in [0.717, 1.165) is 0 Å². The zero-order chi connectivity index (χ0) is 15.2. The van der Waals surface area contributed by atoms with Gasteiger partial charge in [0.25, 0.3) is 0 Å². The molecule has 2 saturated heterocycles. The molecule has 2 rings (SSSR count). The van der Waals surface area contributed by atoms with Crippen LogP contribution in [0.4, 0.5) is 0 Å². The van der Waals surface area contributed by atoms with Crippen molar-refractivity contribution in [3.63, 3.8) is 0 Å². The summed E-state index contributed by atoms with van der Waals surface area (Å²) >= 11 is 0. The van der Waals surface area contributed by atoms with E-state index in [4.69, 9.17) is 22.6 Å². The van der Waals surface area contributed by atoms with Crippen molar-refractivity contribution in [2.75, 3.05) is 13.2 Å². The molecule has 9 heteroatoms. The lowest BCUT2D eigenvalue weighted by molar-refractivity contribution is -0.175. The Balaban J connectivity index is 2.27. The lowest BCUT2D eigenvalue weighted by Crippen LogP contribution is -2.52. The highest BCUT2D eigenvalue weighted by molar-refractivity contribution is 7.82. The van der Waals surface area contributed by atoms with Crippen molar-refractivity contribution in [1.29, 1.82) is 0 Å². The van der Waals surface area contributed by atoms with Crippen LogP contribution in [0.3, 0.4) is 0 Å². The summed E-state index contributed by atoms with van der Waals surface area (Å²) in [5, 5.41) is 0. The van der Waals surface area contributed by atoms with E-state index >= 15 is 0 Å². The lowest BCUT2D eigenvalue weighted by Gasteiger charge is -2.27. The predicted molar refractivity (Wildman–Crippen MR) is 64.8 cm³/mol. The summed E-state index contributed by atoms with van der Waals surface area (Å²) in [5.41, 5.74) is -1.79. The number of carbonyl (C=O) groups is 1. The van der Waals surface area contributed by atoms with Gasteiger partial charge in [-0.05, 0) is 27.7 Å². The van der Waals surface area contributed by atoms with Crippen LogP contribution in [-0.2, 0) is 37.8 Å². The second-order valence-corrected chi connectivity index (χ2v) is 6.38. The quantitative estimate of drug-likeness (QED) is 0.678. The monoisotopic (exact) mass is 310 g/mol. The van der Waals surface area contributed by atoms with Crippen LogP contribution in [0, 0.1) is 0 Å². The Morgan fingerprint density at radius 1 is 1.35 bits per heavy atom. The molecule has 0 aromatic heterocycles. The SMILES string of the molecule is CCOC(=O)[C@@]1(C)OS(=O)(=O)O[C@@H]1[C@H]1COC(C)(C)O1. The molecule has 116 valence electrons. The van der Waals surface area contributed by atoms with Crippen LogP contribution in [0.1, 0.15) is 27.7 Å². The first-order valence-corrected chi connectivity index (χ1v) is 7.56. The van der Waals surface area contributed by atoms with Crippen LogP contribution in [0.5, 0.6) is 0 Å². The maximum atomic E-state index is 12.0. The van der Waals surface area contributed by atoms with Gasteiger partial charge in [-0.25, -0.2) is 13.2 Å². The highest BCUT2D eigenvalue weighted by Crippen LogP contribution is 2.38. The number of hydrogen-bond acceptors (Lipinski definition) is 8. The van der Waals surface area contributed by atoms with Gasteiger partial charge in [-0.15, -0.1) is 0 Å². The highest BCUT2D eigenvalue weighted by Gasteiger charge is 2.61. The van der Waals surface area contributed by atoms with Crippen LogP contribution in [-0.4, -0.2) is 51.2 Å². The molecule has 0 aromatic carbocycles. The molecule has 20 heavy (non-hydrogen) atoms. The zero-order valence-electron chi connectivity index (χ0n) is 11.7. The molecular weight excluding hydrogens is 292 g/mol. The molecule has 8 nitrogen and oxygen atoms in total. The molecule has 0 amide bonds. The fraction of sp³-hybridized carbons (Fsp3) is 0.909. The van der Waals surface area contributed by atoms with E-state index < -0.39 is 40.0 Å². The van der Waals surface area contributed by atoms with E-state index in [1.165, 1.54) is 6.92 Å². The lowest BCUT2D eigenvalue weighted by atomic mass is 9.95. The molecular formula is C11H18O8S. The summed E-state index contributed by atoms with van der Waals surface area (Å²) in [6.45, 7) is 6.45. The zero-order valence-corrected chi connectivity index (χ0v) is 12.6. The first-order valence-electron chi connectivity index (χ1n) is 6.22. The Morgan fingerprint density at radius 3 is 2.50 bits per heavy atom. The van der Waals surface area contributed by atoms with Gasteiger partial charge in [-0.3, -0.25) is 0 Å². The van der Waals surface area contributed by atoms with Gasteiger partial charge in [-0.2, -0.15) is 8.42 Å². The summed E-state index contributed by atoms with van der Waals surface area (Å²) in [6.07, 6.45) is -1.91. The van der Waals surface area contributed by atoms with Gasteiger partial charge < -0.3 is 14.2 Å². The third kappa shape index (κ3) is 2.82. The molecule has 3 atom stereocenters. The molecule has 0 saturated carbocycles. The van der Waals surface area contributed by atoms with Gasteiger partial charge in [0.1, 0.15) is 12.2 Å². The molecule has 0 aliphatic carbocycles. The van der Waals surface area contributed by atoms with E-state index in [0.29, 0.717) is 0 Å². The number of carbonyl (C=O) groups excluding carboxylic acids is 1. The second kappa shape index (κ2) is 4.92. The van der Waals surface area contributed by atoms with Crippen molar-refractivity contribution >= 4 is 16.4 Å². The molecule has 0 unspecified atom stereocenters. The molecule has 2 heterocycles. The van der Waals surface area contributed by atoms with Gasteiger partial charge >= 0.3 is 16.4 Å². The fourth-order valence-electron chi connectivity index (χ4n) is 2.20.